The number of benzene rings is 2. The summed E-state index contributed by atoms with van der Waals surface area (Å²) in [6.07, 6.45) is 1.87. The lowest BCUT2D eigenvalue weighted by molar-refractivity contribution is -0.121. The Hall–Kier alpha value is -2.70. The van der Waals surface area contributed by atoms with Crippen molar-refractivity contribution in [1.29, 1.82) is 0 Å². The highest BCUT2D eigenvalue weighted by molar-refractivity contribution is 8.77. The molecule has 0 fully saturated rings. The molecule has 0 unspecified atom stereocenters. The molecule has 0 saturated carbocycles. The summed E-state index contributed by atoms with van der Waals surface area (Å²) in [5.74, 6) is -0.679. The van der Waals surface area contributed by atoms with Gasteiger partial charge in [-0.3, -0.25) is 9.69 Å². The van der Waals surface area contributed by atoms with Crippen molar-refractivity contribution in [3.63, 3.8) is 0 Å². The van der Waals surface area contributed by atoms with E-state index in [4.69, 9.17) is 6.57 Å². The standard InChI is InChI=1S/C21H20FN3O3S2/c1-14-13-17(9-10-18(14)23-3)25-19(26)21(2,24-20(25)29-30(4,27)28)12-11-15-5-7-16(22)8-6-15/h5-10,13H,11-12H2,1-2,4H3/t21-/m0/s1. The second-order valence-corrected chi connectivity index (χ2v) is 11.6. The van der Waals surface area contributed by atoms with Crippen LogP contribution in [0.5, 0.6) is 0 Å². The lowest BCUT2D eigenvalue weighted by Gasteiger charge is -2.23. The Kier molecular flexibility index (Phi) is 6.01. The Morgan fingerprint density at radius 3 is 2.47 bits per heavy atom. The maximum atomic E-state index is 13.3. The molecule has 1 amide bonds. The van der Waals surface area contributed by atoms with Crippen LogP contribution in [0.25, 0.3) is 4.85 Å². The molecule has 2 aromatic rings. The summed E-state index contributed by atoms with van der Waals surface area (Å²) < 4.78 is 37.0. The fourth-order valence-corrected chi connectivity index (χ4v) is 5.08. The molecular formula is C21H20FN3O3S2. The van der Waals surface area contributed by atoms with Gasteiger partial charge >= 0.3 is 0 Å². The maximum Gasteiger partial charge on any atom is 0.260 e. The van der Waals surface area contributed by atoms with Gasteiger partial charge in [0.1, 0.15) is 11.4 Å². The van der Waals surface area contributed by atoms with E-state index in [0.717, 1.165) is 11.8 Å². The van der Waals surface area contributed by atoms with E-state index in [0.29, 0.717) is 40.6 Å². The number of amidine groups is 1. The van der Waals surface area contributed by atoms with Crippen molar-refractivity contribution in [3.8, 4) is 0 Å². The first-order valence-electron chi connectivity index (χ1n) is 9.09. The van der Waals surface area contributed by atoms with Crippen molar-refractivity contribution in [3.05, 3.63) is 70.8 Å². The minimum Gasteiger partial charge on any atom is -0.271 e. The molecule has 0 aromatic heterocycles. The minimum atomic E-state index is -3.52. The lowest BCUT2D eigenvalue weighted by Crippen LogP contribution is -2.41. The zero-order chi connectivity index (χ0) is 22.1. The lowest BCUT2D eigenvalue weighted by atomic mass is 9.93. The van der Waals surface area contributed by atoms with E-state index in [-0.39, 0.29) is 16.9 Å². The van der Waals surface area contributed by atoms with Crippen LogP contribution >= 0.6 is 10.8 Å². The second-order valence-electron chi connectivity index (χ2n) is 7.31. The minimum absolute atomic E-state index is 0.0825. The molecule has 0 saturated heterocycles. The third-order valence-electron chi connectivity index (χ3n) is 4.80. The van der Waals surface area contributed by atoms with E-state index in [1.807, 2.05) is 0 Å². The molecule has 156 valence electrons. The number of nitrogens with zero attached hydrogens (tertiary/aromatic N) is 3. The molecule has 0 aliphatic carbocycles. The first kappa shape index (κ1) is 22.0. The second kappa shape index (κ2) is 8.20. The number of hydrogen-bond acceptors (Lipinski definition) is 5. The molecule has 3 rings (SSSR count). The molecule has 0 bridgehead atoms. The molecule has 9 heteroatoms. The average molecular weight is 446 g/mol. The summed E-state index contributed by atoms with van der Waals surface area (Å²) in [5, 5.41) is 0.0825. The molecule has 1 heterocycles. The molecule has 2 aromatic carbocycles. The van der Waals surface area contributed by atoms with Crippen molar-refractivity contribution in [2.75, 3.05) is 11.2 Å². The summed E-state index contributed by atoms with van der Waals surface area (Å²) in [4.78, 5) is 22.6. The van der Waals surface area contributed by atoms with E-state index in [2.05, 4.69) is 9.84 Å². The maximum absolute atomic E-state index is 13.3. The van der Waals surface area contributed by atoms with E-state index >= 15 is 0 Å². The van der Waals surface area contributed by atoms with E-state index in [1.54, 1.807) is 44.2 Å². The topological polar surface area (TPSA) is 71.2 Å². The molecule has 1 atom stereocenters. The first-order chi connectivity index (χ1) is 14.0. The highest BCUT2D eigenvalue weighted by atomic mass is 33.1. The van der Waals surface area contributed by atoms with Crippen molar-refractivity contribution in [2.24, 2.45) is 4.99 Å². The summed E-state index contributed by atoms with van der Waals surface area (Å²) in [5.41, 5.74) is 1.30. The predicted octanol–water partition coefficient (Wildman–Crippen LogP) is 4.47. The molecule has 0 N–H and O–H groups in total. The predicted molar refractivity (Wildman–Crippen MR) is 118 cm³/mol. The number of hydrogen-bond donors (Lipinski definition) is 0. The van der Waals surface area contributed by atoms with Crippen LogP contribution in [0.3, 0.4) is 0 Å². The fraction of sp³-hybridized carbons (Fsp3) is 0.286. The first-order valence-corrected chi connectivity index (χ1v) is 12.3. The Labute approximate surface area is 179 Å². The van der Waals surface area contributed by atoms with E-state index < -0.39 is 14.4 Å². The molecule has 1 aliphatic heterocycles. The normalized spacial score (nSPS) is 19.0. The molecule has 6 nitrogen and oxygen atoms in total. The molecule has 0 radical (unpaired) electrons. The average Bonchev–Trinajstić information content (AvgIpc) is 2.90. The van der Waals surface area contributed by atoms with E-state index in [1.165, 1.54) is 17.0 Å². The van der Waals surface area contributed by atoms with Crippen molar-refractivity contribution < 1.29 is 17.6 Å². The third-order valence-corrected chi connectivity index (χ3v) is 6.88. The summed E-state index contributed by atoms with van der Waals surface area (Å²) in [6.45, 7) is 10.6. The van der Waals surface area contributed by atoms with Gasteiger partial charge in [0.25, 0.3) is 5.91 Å². The Balaban J connectivity index is 1.95. The van der Waals surface area contributed by atoms with Crippen LogP contribution in [0.2, 0.25) is 0 Å². The smallest absolute Gasteiger partial charge is 0.260 e. The number of carbonyl (C=O) groups is 1. The van der Waals surface area contributed by atoms with Gasteiger partial charge in [0.05, 0.1) is 6.57 Å². The number of rotatable bonds is 5. The largest absolute Gasteiger partial charge is 0.271 e. The SMILES string of the molecule is [C-]#[N+]c1ccc(N2C(=O)[C@](C)(CCc3ccc(F)cc3)N=C2SS(C)(=O)=O)cc1C. The zero-order valence-electron chi connectivity index (χ0n) is 16.7. The Morgan fingerprint density at radius 1 is 1.23 bits per heavy atom. The number of carbonyl (C=O) groups excluding carboxylic acids is 1. The fourth-order valence-electron chi connectivity index (χ4n) is 3.16. The van der Waals surface area contributed by atoms with Crippen LogP contribution in [0, 0.1) is 19.3 Å². The highest BCUT2D eigenvalue weighted by Crippen LogP contribution is 2.37. The molecule has 1 aliphatic rings. The van der Waals surface area contributed by atoms with Gasteiger partial charge in [-0.1, -0.05) is 18.2 Å². The van der Waals surface area contributed by atoms with Gasteiger partial charge in [-0.15, -0.1) is 0 Å². The summed E-state index contributed by atoms with van der Waals surface area (Å²) in [7, 11) is -2.99. The van der Waals surface area contributed by atoms with Crippen LogP contribution < -0.4 is 4.90 Å². The number of amides is 1. The van der Waals surface area contributed by atoms with Crippen LogP contribution in [-0.2, 0) is 20.1 Å². The van der Waals surface area contributed by atoms with Gasteiger partial charge in [0.2, 0.25) is 8.87 Å². The van der Waals surface area contributed by atoms with E-state index in [9.17, 15) is 17.6 Å². The van der Waals surface area contributed by atoms with Crippen LogP contribution in [0.1, 0.15) is 24.5 Å². The van der Waals surface area contributed by atoms with Gasteiger partial charge in [0, 0.05) is 22.7 Å². The molecule has 30 heavy (non-hydrogen) atoms. The van der Waals surface area contributed by atoms with Crippen molar-refractivity contribution in [1.82, 2.24) is 0 Å². The number of anilines is 1. The molecule has 0 spiro atoms. The van der Waals surface area contributed by atoms with Gasteiger partial charge in [0.15, 0.2) is 10.9 Å². The van der Waals surface area contributed by atoms with Crippen LogP contribution in [0.15, 0.2) is 47.5 Å². The van der Waals surface area contributed by atoms with Gasteiger partial charge in [-0.05, 0) is 62.1 Å². The Morgan fingerprint density at radius 2 is 1.90 bits per heavy atom. The van der Waals surface area contributed by atoms with Gasteiger partial charge < -0.3 is 0 Å². The summed E-state index contributed by atoms with van der Waals surface area (Å²) in [6, 6.07) is 10.9. The van der Waals surface area contributed by atoms with Crippen molar-refractivity contribution >= 4 is 42.1 Å². The number of aliphatic imine (C=N–C) groups is 1. The quantitative estimate of drug-likeness (QED) is 0.503. The third kappa shape index (κ3) is 4.71. The Bertz CT molecular complexity index is 1170. The zero-order valence-corrected chi connectivity index (χ0v) is 18.3. The molecular weight excluding hydrogens is 425 g/mol. The number of halogens is 1. The number of aryl methyl sites for hydroxylation is 2. The highest BCUT2D eigenvalue weighted by Gasteiger charge is 2.46. The summed E-state index contributed by atoms with van der Waals surface area (Å²) >= 11 is 0. The van der Waals surface area contributed by atoms with Gasteiger partial charge in [-0.25, -0.2) is 22.6 Å². The van der Waals surface area contributed by atoms with Crippen molar-refractivity contribution in [2.45, 2.75) is 32.2 Å². The monoisotopic (exact) mass is 445 g/mol. The van der Waals surface area contributed by atoms with Crippen LogP contribution in [-0.4, -0.2) is 31.3 Å². The van der Waals surface area contributed by atoms with Gasteiger partial charge in [-0.2, -0.15) is 0 Å². The van der Waals surface area contributed by atoms with Crippen LogP contribution in [0.4, 0.5) is 15.8 Å².